The van der Waals surface area contributed by atoms with Crippen molar-refractivity contribution in [1.82, 2.24) is 9.55 Å². The highest BCUT2D eigenvalue weighted by Crippen LogP contribution is 2.17. The van der Waals surface area contributed by atoms with E-state index in [1.807, 2.05) is 36.7 Å². The van der Waals surface area contributed by atoms with E-state index < -0.39 is 0 Å². The molecule has 0 fully saturated rings. The number of hydrogen-bond donors (Lipinski definition) is 1. The van der Waals surface area contributed by atoms with Crippen molar-refractivity contribution >= 4 is 28.4 Å². The van der Waals surface area contributed by atoms with Crippen LogP contribution in [0.15, 0.2) is 42.5 Å². The first kappa shape index (κ1) is 15.9. The fraction of sp³-hybridized carbons (Fsp3) is 0.211. The molecule has 0 saturated heterocycles. The van der Waals surface area contributed by atoms with Crippen molar-refractivity contribution in [2.45, 2.75) is 20.3 Å². The summed E-state index contributed by atoms with van der Waals surface area (Å²) in [4.78, 5) is 28.1. The number of imidazole rings is 1. The Bertz CT molecular complexity index is 941. The molecule has 0 aliphatic carbocycles. The van der Waals surface area contributed by atoms with Crippen LogP contribution in [0.2, 0.25) is 0 Å². The number of ketones is 1. The van der Waals surface area contributed by atoms with Gasteiger partial charge in [0.2, 0.25) is 5.91 Å². The van der Waals surface area contributed by atoms with Gasteiger partial charge in [-0.1, -0.05) is 18.2 Å². The minimum Gasteiger partial charge on any atom is -0.331 e. The van der Waals surface area contributed by atoms with Crippen LogP contribution in [0.3, 0.4) is 0 Å². The van der Waals surface area contributed by atoms with Crippen LogP contribution in [0, 0.1) is 6.92 Å². The maximum atomic E-state index is 12.2. The van der Waals surface area contributed by atoms with Crippen molar-refractivity contribution in [3.63, 3.8) is 0 Å². The minimum atomic E-state index is -0.122. The van der Waals surface area contributed by atoms with Gasteiger partial charge in [-0.3, -0.25) is 9.59 Å². The maximum Gasteiger partial charge on any atom is 0.228 e. The molecule has 3 rings (SSSR count). The number of Topliss-reactive ketones (excluding diaryl/α,β-unsaturated/α-hetero) is 1. The highest BCUT2D eigenvalue weighted by Gasteiger charge is 2.09. The number of nitrogens with zero attached hydrogens (tertiary/aromatic N) is 2. The largest absolute Gasteiger partial charge is 0.331 e. The van der Waals surface area contributed by atoms with Crippen LogP contribution < -0.4 is 5.32 Å². The third-order valence-corrected chi connectivity index (χ3v) is 4.09. The molecule has 5 nitrogen and oxygen atoms in total. The predicted molar refractivity (Wildman–Crippen MR) is 94.2 cm³/mol. The summed E-state index contributed by atoms with van der Waals surface area (Å²) in [5.74, 6) is 0.789. The Hall–Kier alpha value is -2.95. The molecule has 24 heavy (non-hydrogen) atoms. The smallest absolute Gasteiger partial charge is 0.228 e. The van der Waals surface area contributed by atoms with Gasteiger partial charge in [-0.2, -0.15) is 0 Å². The average Bonchev–Trinajstić information content (AvgIpc) is 2.81. The van der Waals surface area contributed by atoms with E-state index in [4.69, 9.17) is 0 Å². The zero-order chi connectivity index (χ0) is 17.3. The summed E-state index contributed by atoms with van der Waals surface area (Å²) in [7, 11) is 1.97. The summed E-state index contributed by atoms with van der Waals surface area (Å²) in [6.45, 7) is 3.46. The van der Waals surface area contributed by atoms with Crippen LogP contribution >= 0.6 is 0 Å². The molecular weight excluding hydrogens is 302 g/mol. The lowest BCUT2D eigenvalue weighted by Crippen LogP contribution is -2.14. The number of hydrogen-bond acceptors (Lipinski definition) is 3. The lowest BCUT2D eigenvalue weighted by atomic mass is 10.1. The van der Waals surface area contributed by atoms with E-state index in [0.29, 0.717) is 11.3 Å². The summed E-state index contributed by atoms with van der Waals surface area (Å²) < 4.78 is 2.02. The van der Waals surface area contributed by atoms with Gasteiger partial charge in [0.1, 0.15) is 5.82 Å². The second-order valence-electron chi connectivity index (χ2n) is 5.90. The second-order valence-corrected chi connectivity index (χ2v) is 5.90. The molecule has 122 valence electrons. The third kappa shape index (κ3) is 3.20. The van der Waals surface area contributed by atoms with E-state index in [1.54, 1.807) is 24.3 Å². The summed E-state index contributed by atoms with van der Waals surface area (Å²) in [6.07, 6.45) is 0.260. The lowest BCUT2D eigenvalue weighted by Gasteiger charge is -2.07. The Morgan fingerprint density at radius 3 is 2.71 bits per heavy atom. The van der Waals surface area contributed by atoms with Gasteiger partial charge in [-0.05, 0) is 43.7 Å². The Labute approximate surface area is 140 Å². The van der Waals surface area contributed by atoms with Crippen LogP contribution in [0.25, 0.3) is 11.0 Å². The summed E-state index contributed by atoms with van der Waals surface area (Å²) >= 11 is 0. The van der Waals surface area contributed by atoms with Gasteiger partial charge < -0.3 is 9.88 Å². The molecule has 1 heterocycles. The van der Waals surface area contributed by atoms with E-state index in [9.17, 15) is 9.59 Å². The number of benzene rings is 2. The molecule has 0 atom stereocenters. The number of aryl methyl sites for hydroxylation is 2. The van der Waals surface area contributed by atoms with Crippen LogP contribution in [-0.4, -0.2) is 21.2 Å². The van der Waals surface area contributed by atoms with Crippen molar-refractivity contribution in [3.05, 3.63) is 59.4 Å². The van der Waals surface area contributed by atoms with Crippen LogP contribution in [0.5, 0.6) is 0 Å². The molecule has 0 radical (unpaired) electrons. The predicted octanol–water partition coefficient (Wildman–Crippen LogP) is 3.27. The number of carbonyl (C=O) groups is 2. The molecule has 1 aromatic heterocycles. The van der Waals surface area contributed by atoms with Gasteiger partial charge >= 0.3 is 0 Å². The van der Waals surface area contributed by atoms with Crippen LogP contribution in [0.4, 0.5) is 5.69 Å². The number of carbonyl (C=O) groups excluding carboxylic acids is 2. The Kier molecular flexibility index (Phi) is 4.16. The minimum absolute atomic E-state index is 0.0259. The third-order valence-electron chi connectivity index (χ3n) is 4.09. The summed E-state index contributed by atoms with van der Waals surface area (Å²) in [6, 6.07) is 12.8. The molecule has 5 heteroatoms. The molecule has 1 N–H and O–H groups in total. The van der Waals surface area contributed by atoms with Crippen molar-refractivity contribution in [1.29, 1.82) is 0 Å². The number of nitrogens with one attached hydrogen (secondary N) is 1. The Morgan fingerprint density at radius 1 is 1.17 bits per heavy atom. The zero-order valence-electron chi connectivity index (χ0n) is 14.0. The van der Waals surface area contributed by atoms with Crippen LogP contribution in [0.1, 0.15) is 28.7 Å². The molecule has 0 saturated carbocycles. The first-order valence-electron chi connectivity index (χ1n) is 7.77. The normalized spacial score (nSPS) is 10.8. The fourth-order valence-corrected chi connectivity index (χ4v) is 2.68. The van der Waals surface area contributed by atoms with Gasteiger partial charge in [-0.25, -0.2) is 4.98 Å². The summed E-state index contributed by atoms with van der Waals surface area (Å²) in [5, 5.41) is 2.83. The van der Waals surface area contributed by atoms with Crippen molar-refractivity contribution in [3.8, 4) is 0 Å². The molecule has 0 spiro atoms. The number of amides is 1. The van der Waals surface area contributed by atoms with E-state index in [-0.39, 0.29) is 18.1 Å². The highest BCUT2D eigenvalue weighted by molar-refractivity contribution is 5.97. The molecule has 2 aromatic carbocycles. The molecule has 3 aromatic rings. The number of anilines is 1. The first-order chi connectivity index (χ1) is 11.4. The topological polar surface area (TPSA) is 64.0 Å². The number of rotatable bonds is 4. The van der Waals surface area contributed by atoms with Crippen LogP contribution in [-0.2, 0) is 18.3 Å². The molecule has 1 amide bonds. The molecule has 0 aliphatic rings. The van der Waals surface area contributed by atoms with E-state index in [0.717, 1.165) is 22.4 Å². The van der Waals surface area contributed by atoms with Gasteiger partial charge in [0.15, 0.2) is 5.78 Å². The quantitative estimate of drug-likeness (QED) is 0.750. The lowest BCUT2D eigenvalue weighted by molar-refractivity contribution is -0.115. The number of fused-ring (bicyclic) bond motifs is 1. The van der Waals surface area contributed by atoms with Crippen molar-refractivity contribution < 1.29 is 9.59 Å². The highest BCUT2D eigenvalue weighted by atomic mass is 16.1. The van der Waals surface area contributed by atoms with Gasteiger partial charge in [-0.15, -0.1) is 0 Å². The average molecular weight is 321 g/mol. The number of aromatic nitrogens is 2. The van der Waals surface area contributed by atoms with E-state index in [1.165, 1.54) is 6.92 Å². The van der Waals surface area contributed by atoms with E-state index >= 15 is 0 Å². The molecular formula is C19H19N3O2. The van der Waals surface area contributed by atoms with Gasteiger partial charge in [0, 0.05) is 18.3 Å². The van der Waals surface area contributed by atoms with Gasteiger partial charge in [0.25, 0.3) is 0 Å². The molecule has 0 unspecified atom stereocenters. The SMILES string of the molecule is CC(=O)c1cccc(NC(=O)Cc2ccc3c(c2)nc(C)n3C)c1. The van der Waals surface area contributed by atoms with Crippen molar-refractivity contribution in [2.24, 2.45) is 7.05 Å². The molecule has 0 aliphatic heterocycles. The zero-order valence-corrected chi connectivity index (χ0v) is 14.0. The fourth-order valence-electron chi connectivity index (χ4n) is 2.68. The maximum absolute atomic E-state index is 12.2. The van der Waals surface area contributed by atoms with E-state index in [2.05, 4.69) is 10.3 Å². The summed E-state index contributed by atoms with van der Waals surface area (Å²) in [5.41, 5.74) is 4.05. The monoisotopic (exact) mass is 321 g/mol. The Balaban J connectivity index is 1.75. The molecule has 0 bridgehead atoms. The van der Waals surface area contributed by atoms with Crippen molar-refractivity contribution in [2.75, 3.05) is 5.32 Å². The second kappa shape index (κ2) is 6.28. The Morgan fingerprint density at radius 2 is 1.96 bits per heavy atom. The standard InChI is InChI=1S/C19H19N3O2/c1-12(23)15-5-4-6-16(11-15)21-19(24)10-14-7-8-18-17(9-14)20-13(2)22(18)3/h4-9,11H,10H2,1-3H3,(H,21,24). The first-order valence-corrected chi connectivity index (χ1v) is 7.77. The van der Waals surface area contributed by atoms with Gasteiger partial charge in [0.05, 0.1) is 17.5 Å².